The Morgan fingerprint density at radius 1 is 1.14 bits per heavy atom. The van der Waals surface area contributed by atoms with Crippen molar-refractivity contribution in [1.82, 2.24) is 9.55 Å². The van der Waals surface area contributed by atoms with Crippen LogP contribution in [0.5, 0.6) is 0 Å². The number of cyclic esters (lactones) is 1. The molecule has 8 heteroatoms. The number of esters is 1. The van der Waals surface area contributed by atoms with Gasteiger partial charge in [0.2, 0.25) is 0 Å². The minimum Gasteiger partial charge on any atom is -0.458 e. The first kappa shape index (κ1) is 24.2. The third-order valence-corrected chi connectivity index (χ3v) is 7.29. The molecule has 1 atom stereocenters. The van der Waals surface area contributed by atoms with Crippen LogP contribution in [-0.2, 0) is 28.3 Å². The zero-order valence-corrected chi connectivity index (χ0v) is 21.3. The van der Waals surface area contributed by atoms with Crippen LogP contribution in [0.2, 0.25) is 0 Å². The van der Waals surface area contributed by atoms with Crippen molar-refractivity contribution in [2.75, 3.05) is 11.4 Å². The molecule has 8 nitrogen and oxygen atoms in total. The number of unbranched alkanes of at least 4 members (excludes halogenated alkanes) is 2. The highest BCUT2D eigenvalue weighted by molar-refractivity contribution is 6.11. The van der Waals surface area contributed by atoms with E-state index in [4.69, 9.17) is 9.72 Å². The maximum absolute atomic E-state index is 13.5. The van der Waals surface area contributed by atoms with Gasteiger partial charge in [0.05, 0.1) is 52.1 Å². The van der Waals surface area contributed by atoms with Gasteiger partial charge >= 0.3 is 5.97 Å². The van der Waals surface area contributed by atoms with E-state index >= 15 is 0 Å². The molecule has 1 N–H and O–H groups in total. The smallest absolute Gasteiger partial charge is 0.343 e. The maximum atomic E-state index is 13.5. The van der Waals surface area contributed by atoms with Gasteiger partial charge in [0.25, 0.3) is 5.56 Å². The minimum atomic E-state index is -1.83. The Balaban J connectivity index is 0.00000130. The normalized spacial score (nSPS) is 18.8. The van der Waals surface area contributed by atoms with Crippen LogP contribution in [0.25, 0.3) is 22.3 Å². The lowest BCUT2D eigenvalue weighted by Crippen LogP contribution is -2.44. The Kier molecular flexibility index (Phi) is 6.16. The van der Waals surface area contributed by atoms with Crippen molar-refractivity contribution in [2.45, 2.75) is 72.1 Å². The summed E-state index contributed by atoms with van der Waals surface area (Å²) < 4.78 is 6.88. The van der Waals surface area contributed by atoms with Gasteiger partial charge in [0.15, 0.2) is 5.60 Å². The number of carbonyl (C=O) groups is 1. The zero-order chi connectivity index (χ0) is 25.6. The van der Waals surface area contributed by atoms with Crippen molar-refractivity contribution in [1.29, 1.82) is 0 Å². The molecule has 1 unspecified atom stereocenters. The summed E-state index contributed by atoms with van der Waals surface area (Å²) >= 11 is 0. The second-order valence-electron chi connectivity index (χ2n) is 9.21. The molecule has 0 amide bonds. The predicted molar refractivity (Wildman–Crippen MR) is 141 cm³/mol. The van der Waals surface area contributed by atoms with Crippen LogP contribution in [0.15, 0.2) is 34.1 Å². The highest BCUT2D eigenvalue weighted by atomic mass is 16.6. The molecule has 6 rings (SSSR count). The molecular formula is C28H32N4O4. The van der Waals surface area contributed by atoms with Crippen molar-refractivity contribution in [3.63, 3.8) is 0 Å². The topological polar surface area (TPSA) is 97.0 Å². The number of rotatable bonds is 5. The fourth-order valence-corrected chi connectivity index (χ4v) is 5.40. The van der Waals surface area contributed by atoms with Gasteiger partial charge < -0.3 is 19.3 Å². The summed E-state index contributed by atoms with van der Waals surface area (Å²) in [7, 11) is 0. The van der Waals surface area contributed by atoms with E-state index < -0.39 is 11.6 Å². The van der Waals surface area contributed by atoms with Crippen molar-refractivity contribution < 1.29 is 14.6 Å². The van der Waals surface area contributed by atoms with Gasteiger partial charge in [-0.2, -0.15) is 0 Å². The first-order valence-electron chi connectivity index (χ1n) is 12.9. The van der Waals surface area contributed by atoms with Crippen LogP contribution in [0, 0.1) is 0 Å². The molecule has 36 heavy (non-hydrogen) atoms. The molecule has 3 aliphatic rings. The summed E-state index contributed by atoms with van der Waals surface area (Å²) in [5, 5.41) is 12.1. The lowest BCUT2D eigenvalue weighted by atomic mass is 9.86. The van der Waals surface area contributed by atoms with E-state index in [0.717, 1.165) is 53.6 Å². The Bertz CT molecular complexity index is 1460. The molecule has 0 spiro atoms. The molecular weight excluding hydrogens is 456 g/mol. The summed E-state index contributed by atoms with van der Waals surface area (Å²) in [6, 6.07) is 7.65. The Morgan fingerprint density at radius 3 is 2.69 bits per heavy atom. The molecule has 0 radical (unpaired) electrons. The summed E-state index contributed by atoms with van der Waals surface area (Å²) in [6.07, 6.45) is 5.28. The number of aromatic nitrogens is 2. The van der Waals surface area contributed by atoms with Crippen LogP contribution >= 0.6 is 0 Å². The van der Waals surface area contributed by atoms with Gasteiger partial charge in [0, 0.05) is 17.7 Å². The highest BCUT2D eigenvalue weighted by Crippen LogP contribution is 2.46. The Morgan fingerprint density at radius 2 is 1.94 bits per heavy atom. The first-order chi connectivity index (χ1) is 17.5. The average molecular weight is 489 g/mol. The number of pyridine rings is 2. The molecule has 0 fully saturated rings. The predicted octanol–water partition coefficient (Wildman–Crippen LogP) is 4.78. The largest absolute Gasteiger partial charge is 0.458 e. The van der Waals surface area contributed by atoms with Gasteiger partial charge in [-0.1, -0.05) is 46.6 Å². The summed E-state index contributed by atoms with van der Waals surface area (Å²) in [4.78, 5) is 37.8. The Hall–Kier alpha value is -3.52. The first-order valence-corrected chi connectivity index (χ1v) is 12.9. The number of fused-ring (bicyclic) bond motifs is 5. The number of aliphatic hydroxyl groups is 1. The quantitative estimate of drug-likeness (QED) is 0.321. The summed E-state index contributed by atoms with van der Waals surface area (Å²) in [5.74, 6) is -0.713. The van der Waals surface area contributed by atoms with Gasteiger partial charge in [-0.3, -0.25) is 4.79 Å². The van der Waals surface area contributed by atoms with Gasteiger partial charge in [-0.25, -0.2) is 14.8 Å². The average Bonchev–Trinajstić information content (AvgIpc) is 3.28. The molecule has 1 aromatic carbocycles. The molecule has 5 heterocycles. The van der Waals surface area contributed by atoms with Gasteiger partial charge in [0.1, 0.15) is 6.61 Å². The maximum Gasteiger partial charge on any atom is 0.343 e. The van der Waals surface area contributed by atoms with E-state index in [9.17, 15) is 14.7 Å². The fraction of sp³-hybridized carbons (Fsp3) is 0.429. The molecule has 2 aromatic heterocycles. The van der Waals surface area contributed by atoms with E-state index in [-0.39, 0.29) is 18.6 Å². The van der Waals surface area contributed by atoms with Crippen molar-refractivity contribution in [3.8, 4) is 11.4 Å². The number of hydrogen-bond acceptors (Lipinski definition) is 7. The van der Waals surface area contributed by atoms with Crippen molar-refractivity contribution in [3.05, 3.63) is 51.3 Å². The van der Waals surface area contributed by atoms with E-state index in [1.165, 1.54) is 0 Å². The van der Waals surface area contributed by atoms with E-state index in [0.29, 0.717) is 29.1 Å². The van der Waals surface area contributed by atoms with Gasteiger partial charge in [-0.15, -0.1) is 0 Å². The molecule has 0 aliphatic carbocycles. The second kappa shape index (κ2) is 9.17. The van der Waals surface area contributed by atoms with Crippen LogP contribution in [0.4, 0.5) is 11.4 Å². The number of hydrogen-bond donors (Lipinski definition) is 1. The van der Waals surface area contributed by atoms with Crippen molar-refractivity contribution in [2.24, 2.45) is 4.99 Å². The number of carbonyl (C=O) groups excluding carboxylic acids is 1. The highest BCUT2D eigenvalue weighted by Gasteiger charge is 2.45. The standard InChI is InChI=1S/C26H26N4O4.C2H6/c1-3-5-6-10-29-14-27-18-8-7-9-19-21(18)23(29)15-12-30-20(22(15)28-19)11-17-16(24(30)31)13-34-25(32)26(17,33)4-2;1-2/h7-9,11,14,33H,3-6,10,12-13H2,1-2H3;1-2H3. The van der Waals surface area contributed by atoms with Crippen LogP contribution < -0.4 is 10.5 Å². The van der Waals surface area contributed by atoms with Crippen LogP contribution in [-0.4, -0.2) is 33.5 Å². The number of aliphatic imine (C=N–C) groups is 1. The molecule has 3 aromatic rings. The lowest BCUT2D eigenvalue weighted by molar-refractivity contribution is -0.172. The van der Waals surface area contributed by atoms with E-state index in [2.05, 4.69) is 16.8 Å². The lowest BCUT2D eigenvalue weighted by Gasteiger charge is -2.31. The van der Waals surface area contributed by atoms with Gasteiger partial charge in [-0.05, 0) is 31.0 Å². The minimum absolute atomic E-state index is 0.121. The number of benzene rings is 1. The summed E-state index contributed by atoms with van der Waals surface area (Å²) in [6.45, 7) is 8.96. The third-order valence-electron chi connectivity index (χ3n) is 7.29. The number of nitrogens with zero attached hydrogens (tertiary/aromatic N) is 4. The van der Waals surface area contributed by atoms with Crippen molar-refractivity contribution >= 4 is 34.6 Å². The molecule has 188 valence electrons. The fourth-order valence-electron chi connectivity index (χ4n) is 5.40. The molecule has 0 saturated carbocycles. The number of anilines is 1. The molecule has 0 saturated heterocycles. The Labute approximate surface area is 210 Å². The molecule has 3 aliphatic heterocycles. The third kappa shape index (κ3) is 3.38. The summed E-state index contributed by atoms with van der Waals surface area (Å²) in [5.41, 5.74) is 3.62. The number of ether oxygens (including phenoxy) is 1. The van der Waals surface area contributed by atoms with E-state index in [1.54, 1.807) is 17.6 Å². The zero-order valence-electron chi connectivity index (χ0n) is 21.3. The SMILES string of the molecule is CC.CCCCCN1C=Nc2cccc3nc4c(c1c23)Cn1c-4cc2c(c1=O)COC(=O)C2(O)CC. The van der Waals surface area contributed by atoms with E-state index in [1.807, 2.05) is 38.4 Å². The van der Waals surface area contributed by atoms with Crippen LogP contribution in [0.3, 0.4) is 0 Å². The molecule has 0 bridgehead atoms. The second-order valence-corrected chi connectivity index (χ2v) is 9.21. The van der Waals surface area contributed by atoms with Crippen LogP contribution in [0.1, 0.15) is 70.1 Å². The monoisotopic (exact) mass is 488 g/mol.